The van der Waals surface area contributed by atoms with Gasteiger partial charge in [-0.15, -0.1) is 0 Å². The topological polar surface area (TPSA) is 46.9 Å². The first-order chi connectivity index (χ1) is 9.72. The molecule has 1 aliphatic rings. The number of aryl methyl sites for hydroxylation is 2. The summed E-state index contributed by atoms with van der Waals surface area (Å²) in [5, 5.41) is 3.05. The first-order valence-electron chi connectivity index (χ1n) is 7.04. The van der Waals surface area contributed by atoms with Crippen LogP contribution in [0.1, 0.15) is 23.2 Å². The van der Waals surface area contributed by atoms with Crippen LogP contribution in [-0.2, 0) is 24.3 Å². The summed E-state index contributed by atoms with van der Waals surface area (Å²) in [4.78, 5) is 16.4. The van der Waals surface area contributed by atoms with E-state index in [0.717, 1.165) is 24.9 Å². The van der Waals surface area contributed by atoms with Gasteiger partial charge in [0.05, 0.1) is 12.2 Å². The number of nitrogens with one attached hydrogen (secondary N) is 1. The predicted octanol–water partition coefficient (Wildman–Crippen LogP) is 2.07. The average molecular weight is 269 g/mol. The number of amides is 1. The van der Waals surface area contributed by atoms with Gasteiger partial charge in [-0.1, -0.05) is 29.8 Å². The number of hydrogen-bond donors (Lipinski definition) is 1. The van der Waals surface area contributed by atoms with E-state index < -0.39 is 0 Å². The average Bonchev–Trinajstić information content (AvgIpc) is 2.92. The Balaban J connectivity index is 1.58. The standard InChI is InChI=1S/C16H19N3O/c1-12-3-2-4-13(7-12)8-18-16(20)14-5-6-15-9-17-11-19(15)10-14/h2-4,7,9,11,14H,5-6,8,10H2,1H3,(H,18,20). The third-order valence-corrected chi connectivity index (χ3v) is 3.88. The summed E-state index contributed by atoms with van der Waals surface area (Å²) >= 11 is 0. The van der Waals surface area contributed by atoms with E-state index in [1.165, 1.54) is 11.3 Å². The Labute approximate surface area is 118 Å². The molecule has 1 aromatic heterocycles. The molecule has 1 atom stereocenters. The van der Waals surface area contributed by atoms with E-state index in [0.29, 0.717) is 6.54 Å². The highest BCUT2D eigenvalue weighted by Gasteiger charge is 2.24. The first kappa shape index (κ1) is 12.9. The molecule has 2 heterocycles. The number of aromatic nitrogens is 2. The molecular formula is C16H19N3O. The van der Waals surface area contributed by atoms with Crippen LogP contribution in [-0.4, -0.2) is 15.5 Å². The van der Waals surface area contributed by atoms with Crippen molar-refractivity contribution in [2.24, 2.45) is 5.92 Å². The van der Waals surface area contributed by atoms with Crippen molar-refractivity contribution in [2.45, 2.75) is 32.9 Å². The number of carbonyl (C=O) groups is 1. The van der Waals surface area contributed by atoms with Gasteiger partial charge >= 0.3 is 0 Å². The molecule has 0 saturated heterocycles. The van der Waals surface area contributed by atoms with Gasteiger partial charge in [0.15, 0.2) is 0 Å². The van der Waals surface area contributed by atoms with Gasteiger partial charge in [0.1, 0.15) is 0 Å². The molecule has 104 valence electrons. The number of benzene rings is 1. The predicted molar refractivity (Wildman–Crippen MR) is 77.1 cm³/mol. The van der Waals surface area contributed by atoms with E-state index in [-0.39, 0.29) is 11.8 Å². The van der Waals surface area contributed by atoms with Crippen LogP contribution in [0.4, 0.5) is 0 Å². The Kier molecular flexibility index (Phi) is 3.54. The fourth-order valence-corrected chi connectivity index (χ4v) is 2.74. The lowest BCUT2D eigenvalue weighted by Crippen LogP contribution is -2.35. The minimum atomic E-state index is 0.0570. The smallest absolute Gasteiger partial charge is 0.225 e. The molecule has 2 aromatic rings. The van der Waals surface area contributed by atoms with E-state index in [9.17, 15) is 4.79 Å². The normalized spacial score (nSPS) is 17.6. The molecule has 4 heteroatoms. The molecule has 1 amide bonds. The van der Waals surface area contributed by atoms with Crippen LogP contribution in [0.3, 0.4) is 0 Å². The fraction of sp³-hybridized carbons (Fsp3) is 0.375. The SMILES string of the molecule is Cc1cccc(CNC(=O)C2CCc3cncn3C2)c1. The molecule has 0 radical (unpaired) electrons. The van der Waals surface area contributed by atoms with Gasteiger partial charge < -0.3 is 9.88 Å². The van der Waals surface area contributed by atoms with Gasteiger partial charge in [0, 0.05) is 25.0 Å². The minimum Gasteiger partial charge on any atom is -0.352 e. The molecule has 0 spiro atoms. The number of carbonyl (C=O) groups excluding carboxylic acids is 1. The van der Waals surface area contributed by atoms with Crippen LogP contribution in [0.5, 0.6) is 0 Å². The summed E-state index contributed by atoms with van der Waals surface area (Å²) in [6.45, 7) is 3.41. The van der Waals surface area contributed by atoms with Crippen molar-refractivity contribution >= 4 is 5.91 Å². The molecule has 4 nitrogen and oxygen atoms in total. The summed E-state index contributed by atoms with van der Waals surface area (Å²) in [6, 6.07) is 8.24. The molecule has 0 fully saturated rings. The van der Waals surface area contributed by atoms with Gasteiger partial charge in [0.2, 0.25) is 5.91 Å². The lowest BCUT2D eigenvalue weighted by molar-refractivity contribution is -0.126. The van der Waals surface area contributed by atoms with E-state index in [2.05, 4.69) is 33.9 Å². The Hall–Kier alpha value is -2.10. The molecule has 0 bridgehead atoms. The van der Waals surface area contributed by atoms with E-state index >= 15 is 0 Å². The van der Waals surface area contributed by atoms with Crippen LogP contribution in [0.25, 0.3) is 0 Å². The van der Waals surface area contributed by atoms with Gasteiger partial charge in [-0.3, -0.25) is 4.79 Å². The molecule has 0 saturated carbocycles. The second-order valence-electron chi connectivity index (χ2n) is 5.48. The summed E-state index contributed by atoms with van der Waals surface area (Å²) < 4.78 is 2.08. The number of hydrogen-bond acceptors (Lipinski definition) is 2. The third-order valence-electron chi connectivity index (χ3n) is 3.88. The quantitative estimate of drug-likeness (QED) is 0.927. The maximum atomic E-state index is 12.2. The van der Waals surface area contributed by atoms with Gasteiger partial charge in [-0.2, -0.15) is 0 Å². The van der Waals surface area contributed by atoms with E-state index in [1.54, 1.807) is 0 Å². The van der Waals surface area contributed by atoms with E-state index in [4.69, 9.17) is 0 Å². The van der Waals surface area contributed by atoms with E-state index in [1.807, 2.05) is 24.7 Å². The lowest BCUT2D eigenvalue weighted by atomic mass is 9.97. The van der Waals surface area contributed by atoms with Crippen molar-refractivity contribution in [3.63, 3.8) is 0 Å². The molecule has 20 heavy (non-hydrogen) atoms. The zero-order chi connectivity index (χ0) is 13.9. The van der Waals surface area contributed by atoms with Crippen LogP contribution in [0.2, 0.25) is 0 Å². The summed E-state index contributed by atoms with van der Waals surface area (Å²) in [5.41, 5.74) is 3.60. The highest BCUT2D eigenvalue weighted by Crippen LogP contribution is 2.19. The Morgan fingerprint density at radius 2 is 2.40 bits per heavy atom. The van der Waals surface area contributed by atoms with Crippen LogP contribution < -0.4 is 5.32 Å². The monoisotopic (exact) mass is 269 g/mol. The van der Waals surface area contributed by atoms with Gasteiger partial charge in [-0.05, 0) is 25.3 Å². The summed E-state index contributed by atoms with van der Waals surface area (Å²) in [7, 11) is 0. The maximum Gasteiger partial charge on any atom is 0.225 e. The van der Waals surface area contributed by atoms with Crippen LogP contribution in [0.15, 0.2) is 36.8 Å². The number of imidazole rings is 1. The summed E-state index contributed by atoms with van der Waals surface area (Å²) in [5.74, 6) is 0.201. The molecule has 3 rings (SSSR count). The highest BCUT2D eigenvalue weighted by atomic mass is 16.1. The Morgan fingerprint density at radius 3 is 3.25 bits per heavy atom. The Bertz CT molecular complexity index is 618. The van der Waals surface area contributed by atoms with Crippen molar-refractivity contribution in [3.8, 4) is 0 Å². The minimum absolute atomic E-state index is 0.0570. The van der Waals surface area contributed by atoms with Gasteiger partial charge in [-0.25, -0.2) is 4.98 Å². The molecule has 1 aromatic carbocycles. The molecule has 1 unspecified atom stereocenters. The van der Waals surface area contributed by atoms with Crippen molar-refractivity contribution in [3.05, 3.63) is 53.6 Å². The molecule has 0 aliphatic carbocycles. The molecular weight excluding hydrogens is 250 g/mol. The Morgan fingerprint density at radius 1 is 1.50 bits per heavy atom. The zero-order valence-electron chi connectivity index (χ0n) is 11.7. The van der Waals surface area contributed by atoms with Crippen LogP contribution >= 0.6 is 0 Å². The second-order valence-corrected chi connectivity index (χ2v) is 5.48. The van der Waals surface area contributed by atoms with Crippen molar-refractivity contribution < 1.29 is 4.79 Å². The first-order valence-corrected chi connectivity index (χ1v) is 7.04. The highest BCUT2D eigenvalue weighted by molar-refractivity contribution is 5.78. The largest absolute Gasteiger partial charge is 0.352 e. The van der Waals surface area contributed by atoms with Crippen molar-refractivity contribution in [2.75, 3.05) is 0 Å². The lowest BCUT2D eigenvalue weighted by Gasteiger charge is -2.23. The zero-order valence-corrected chi connectivity index (χ0v) is 11.7. The fourth-order valence-electron chi connectivity index (χ4n) is 2.74. The van der Waals surface area contributed by atoms with Crippen LogP contribution in [0, 0.1) is 12.8 Å². The maximum absolute atomic E-state index is 12.2. The second kappa shape index (κ2) is 5.49. The number of nitrogens with zero attached hydrogens (tertiary/aromatic N) is 2. The van der Waals surface area contributed by atoms with Crippen molar-refractivity contribution in [1.29, 1.82) is 0 Å². The number of rotatable bonds is 3. The molecule has 1 aliphatic heterocycles. The summed E-state index contributed by atoms with van der Waals surface area (Å²) in [6.07, 6.45) is 5.55. The van der Waals surface area contributed by atoms with Crippen molar-refractivity contribution in [1.82, 2.24) is 14.9 Å². The van der Waals surface area contributed by atoms with Gasteiger partial charge in [0.25, 0.3) is 0 Å². The molecule has 1 N–H and O–H groups in total. The third kappa shape index (κ3) is 2.74. The number of fused-ring (bicyclic) bond motifs is 1.